The lowest BCUT2D eigenvalue weighted by atomic mass is 9.44. The highest BCUT2D eigenvalue weighted by atomic mass is 19.1. The van der Waals surface area contributed by atoms with E-state index in [9.17, 15) is 24.2 Å². The molecule has 4 nitrogen and oxygen atoms in total. The highest BCUT2D eigenvalue weighted by Gasteiger charge is 2.68. The van der Waals surface area contributed by atoms with Gasteiger partial charge in [0.25, 0.3) is 0 Å². The van der Waals surface area contributed by atoms with Gasteiger partial charge in [-0.3, -0.25) is 9.59 Å². The van der Waals surface area contributed by atoms with Crippen molar-refractivity contribution in [2.45, 2.75) is 71.0 Å². The minimum atomic E-state index is -1.68. The van der Waals surface area contributed by atoms with Crippen LogP contribution in [0.2, 0.25) is 0 Å². The van der Waals surface area contributed by atoms with Crippen LogP contribution in [0.4, 0.5) is 4.39 Å². The first-order valence-corrected chi connectivity index (χ1v) is 10.3. The van der Waals surface area contributed by atoms with Gasteiger partial charge in [0.1, 0.15) is 5.60 Å². The van der Waals surface area contributed by atoms with Crippen LogP contribution in [0, 0.1) is 34.5 Å². The molecule has 5 heteroatoms. The first-order chi connectivity index (χ1) is 12.6. The van der Waals surface area contributed by atoms with Crippen LogP contribution < -0.4 is 0 Å². The van der Waals surface area contributed by atoms with Crippen LogP contribution in [-0.2, 0) is 9.59 Å². The van der Waals surface area contributed by atoms with Crippen LogP contribution >= 0.6 is 0 Å². The number of aliphatic hydroxyl groups excluding tert-OH is 1. The number of hydrogen-bond acceptors (Lipinski definition) is 4. The summed E-state index contributed by atoms with van der Waals surface area (Å²) in [4.78, 5) is 24.3. The molecule has 2 N–H and O–H groups in total. The smallest absolute Gasteiger partial charge is 0.195 e. The zero-order valence-corrected chi connectivity index (χ0v) is 16.5. The van der Waals surface area contributed by atoms with Crippen LogP contribution in [0.5, 0.6) is 0 Å². The van der Waals surface area contributed by atoms with E-state index >= 15 is 0 Å². The molecular formula is C22H31FO4. The number of aliphatic hydroxyl groups is 2. The van der Waals surface area contributed by atoms with Crippen LogP contribution in [0.25, 0.3) is 0 Å². The molecule has 4 rings (SSSR count). The van der Waals surface area contributed by atoms with Gasteiger partial charge in [0.05, 0.1) is 6.10 Å². The quantitative estimate of drug-likeness (QED) is 0.775. The minimum absolute atomic E-state index is 0.0222. The first kappa shape index (κ1) is 19.3. The van der Waals surface area contributed by atoms with Gasteiger partial charge in [-0.25, -0.2) is 4.39 Å². The van der Waals surface area contributed by atoms with E-state index < -0.39 is 29.6 Å². The number of ketones is 2. The number of halogens is 1. The molecule has 0 aromatic rings. The number of allylic oxidation sites excluding steroid dienone is 1. The fraction of sp³-hybridized carbons (Fsp3) is 0.818. The van der Waals surface area contributed by atoms with Gasteiger partial charge in [-0.2, -0.15) is 0 Å². The van der Waals surface area contributed by atoms with Gasteiger partial charge in [-0.05, 0) is 67.3 Å². The van der Waals surface area contributed by atoms with Gasteiger partial charge in [0.15, 0.2) is 18.2 Å². The summed E-state index contributed by atoms with van der Waals surface area (Å²) < 4.78 is 13.2. The average Bonchev–Trinajstić information content (AvgIpc) is 2.87. The summed E-state index contributed by atoms with van der Waals surface area (Å²) in [6.45, 7) is 5.04. The fourth-order valence-corrected chi connectivity index (χ4v) is 7.69. The van der Waals surface area contributed by atoms with E-state index in [0.29, 0.717) is 19.3 Å². The lowest BCUT2D eigenvalue weighted by Crippen LogP contribution is -2.62. The monoisotopic (exact) mass is 378 g/mol. The second-order valence-electron chi connectivity index (χ2n) is 10.1. The Morgan fingerprint density at radius 3 is 2.70 bits per heavy atom. The maximum Gasteiger partial charge on any atom is 0.195 e. The van der Waals surface area contributed by atoms with E-state index in [2.05, 4.69) is 13.8 Å². The maximum absolute atomic E-state index is 13.2. The van der Waals surface area contributed by atoms with Crippen molar-refractivity contribution in [2.24, 2.45) is 34.5 Å². The van der Waals surface area contributed by atoms with Crippen LogP contribution in [-0.4, -0.2) is 40.2 Å². The molecule has 0 unspecified atom stereocenters. The minimum Gasteiger partial charge on any atom is -0.393 e. The Hall–Kier alpha value is -1.07. The molecule has 0 radical (unpaired) electrons. The molecule has 3 saturated carbocycles. The Morgan fingerprint density at radius 1 is 1.33 bits per heavy atom. The zero-order chi connectivity index (χ0) is 19.8. The Kier molecular flexibility index (Phi) is 4.25. The maximum atomic E-state index is 13.2. The van der Waals surface area contributed by atoms with Crippen molar-refractivity contribution in [1.82, 2.24) is 0 Å². The molecule has 4 aliphatic carbocycles. The summed E-state index contributed by atoms with van der Waals surface area (Å²) in [5.74, 6) is -0.0475. The van der Waals surface area contributed by atoms with Gasteiger partial charge in [0.2, 0.25) is 0 Å². The van der Waals surface area contributed by atoms with Gasteiger partial charge < -0.3 is 10.2 Å². The first-order valence-electron chi connectivity index (χ1n) is 10.3. The van der Waals surface area contributed by atoms with E-state index in [1.54, 1.807) is 0 Å². The highest BCUT2D eigenvalue weighted by Crippen LogP contribution is 2.68. The van der Waals surface area contributed by atoms with Gasteiger partial charge >= 0.3 is 0 Å². The van der Waals surface area contributed by atoms with Crippen molar-refractivity contribution in [3.63, 3.8) is 0 Å². The van der Waals surface area contributed by atoms with Crippen LogP contribution in [0.15, 0.2) is 11.6 Å². The van der Waals surface area contributed by atoms with Gasteiger partial charge in [-0.1, -0.05) is 26.3 Å². The average molecular weight is 378 g/mol. The number of alkyl halides is 1. The number of carbonyl (C=O) groups is 2. The number of Topliss-reactive ketones (excluding diaryl/α,β-unsaturated/α-hetero) is 1. The predicted molar refractivity (Wildman–Crippen MR) is 98.6 cm³/mol. The lowest BCUT2D eigenvalue weighted by molar-refractivity contribution is -0.183. The van der Waals surface area contributed by atoms with Gasteiger partial charge in [-0.15, -0.1) is 0 Å². The molecule has 150 valence electrons. The summed E-state index contributed by atoms with van der Waals surface area (Å²) >= 11 is 0. The second kappa shape index (κ2) is 5.96. The van der Waals surface area contributed by atoms with E-state index in [4.69, 9.17) is 0 Å². The molecule has 8 atom stereocenters. The topological polar surface area (TPSA) is 74.6 Å². The Labute approximate surface area is 160 Å². The molecule has 4 aliphatic rings. The van der Waals surface area contributed by atoms with E-state index in [0.717, 1.165) is 18.4 Å². The third kappa shape index (κ3) is 2.33. The molecule has 0 saturated heterocycles. The van der Waals surface area contributed by atoms with Crippen molar-refractivity contribution < 1.29 is 24.2 Å². The number of hydrogen-bond donors (Lipinski definition) is 2. The van der Waals surface area contributed by atoms with Crippen LogP contribution in [0.1, 0.15) is 59.3 Å². The summed E-state index contributed by atoms with van der Waals surface area (Å²) in [6.07, 6.45) is 4.52. The van der Waals surface area contributed by atoms with Crippen molar-refractivity contribution in [2.75, 3.05) is 6.67 Å². The molecule has 0 aromatic carbocycles. The third-order valence-electron chi connectivity index (χ3n) is 8.95. The van der Waals surface area contributed by atoms with E-state index in [-0.39, 0.29) is 41.3 Å². The molecular weight excluding hydrogens is 347 g/mol. The molecule has 3 fully saturated rings. The third-order valence-corrected chi connectivity index (χ3v) is 8.95. The summed E-state index contributed by atoms with van der Waals surface area (Å²) in [5.41, 5.74) is -1.53. The largest absolute Gasteiger partial charge is 0.393 e. The Morgan fingerprint density at radius 2 is 2.04 bits per heavy atom. The van der Waals surface area contributed by atoms with Crippen molar-refractivity contribution in [3.8, 4) is 0 Å². The summed E-state index contributed by atoms with van der Waals surface area (Å²) in [7, 11) is 0. The van der Waals surface area contributed by atoms with Crippen LogP contribution in [0.3, 0.4) is 0 Å². The number of carbonyl (C=O) groups excluding carboxylic acids is 2. The molecule has 0 heterocycles. The summed E-state index contributed by atoms with van der Waals surface area (Å²) in [6, 6.07) is 0. The Balaban J connectivity index is 1.77. The molecule has 0 amide bonds. The zero-order valence-electron chi connectivity index (χ0n) is 16.5. The fourth-order valence-electron chi connectivity index (χ4n) is 7.69. The lowest BCUT2D eigenvalue weighted by Gasteiger charge is -2.61. The Bertz CT molecular complexity index is 717. The van der Waals surface area contributed by atoms with E-state index in [1.165, 1.54) is 0 Å². The molecule has 27 heavy (non-hydrogen) atoms. The number of fused-ring (bicyclic) bond motifs is 5. The van der Waals surface area contributed by atoms with Crippen molar-refractivity contribution in [1.29, 1.82) is 0 Å². The highest BCUT2D eigenvalue weighted by molar-refractivity contribution is 5.92. The standard InChI is InChI=1S/C22H31FO4/c1-12-8-14-15-5-7-22(27,18(26)11-23)21(15,3)10-17(25)19(14)20(2)6-4-13(24)9-16(12)20/h9,12,14-15,17,19,25,27H,4-8,10-11H2,1-3H3/t12-,14-,15-,17-,19+,20-,21-,22-/m0/s1. The SMILES string of the molecule is C[C@H]1C[C@@H]2[C@H]([C@@H](O)C[C@@]3(C)[C@H]2CC[C@]3(O)C(=O)CF)[C@@]2(C)CCC(=O)C=C12. The van der Waals surface area contributed by atoms with Crippen molar-refractivity contribution in [3.05, 3.63) is 11.6 Å². The second-order valence-corrected chi connectivity index (χ2v) is 10.1. The normalized spacial score (nSPS) is 51.9. The molecule has 0 bridgehead atoms. The summed E-state index contributed by atoms with van der Waals surface area (Å²) in [5, 5.41) is 22.4. The van der Waals surface area contributed by atoms with Gasteiger partial charge in [0, 0.05) is 11.8 Å². The predicted octanol–water partition coefficient (Wildman–Crippen LogP) is 3.00. The van der Waals surface area contributed by atoms with E-state index in [1.807, 2.05) is 13.0 Å². The molecule has 0 aromatic heterocycles. The molecule has 0 aliphatic heterocycles. The molecule has 0 spiro atoms. The number of rotatable bonds is 2. The van der Waals surface area contributed by atoms with Crippen molar-refractivity contribution >= 4 is 11.6 Å².